The Hall–Kier alpha value is -2.98. The van der Waals surface area contributed by atoms with Crippen LogP contribution in [0.4, 0.5) is 4.39 Å². The van der Waals surface area contributed by atoms with Crippen molar-refractivity contribution in [2.75, 3.05) is 7.05 Å². The lowest BCUT2D eigenvalue weighted by Gasteiger charge is -2.27. The van der Waals surface area contributed by atoms with Crippen LogP contribution >= 0.6 is 0 Å². The molecule has 3 aromatic carbocycles. The molecule has 0 aliphatic rings. The van der Waals surface area contributed by atoms with Crippen molar-refractivity contribution in [2.24, 2.45) is 0 Å². The molecule has 0 bridgehead atoms. The summed E-state index contributed by atoms with van der Waals surface area (Å²) in [5.41, 5.74) is 2.90. The van der Waals surface area contributed by atoms with E-state index in [1.807, 2.05) is 85.6 Å². The van der Waals surface area contributed by atoms with Crippen molar-refractivity contribution < 1.29 is 9.18 Å². The van der Waals surface area contributed by atoms with Crippen LogP contribution in [0.3, 0.4) is 0 Å². The Morgan fingerprint density at radius 3 is 2.04 bits per heavy atom. The number of nitrogens with one attached hydrogen (secondary N) is 1. The molecule has 0 unspecified atom stereocenters. The van der Waals surface area contributed by atoms with Crippen LogP contribution in [-0.4, -0.2) is 23.9 Å². The number of nitrogens with zero attached hydrogens (tertiary/aromatic N) is 1. The van der Waals surface area contributed by atoms with Gasteiger partial charge in [-0.2, -0.15) is 0 Å². The number of carbonyl (C=O) groups excluding carboxylic acids is 1. The van der Waals surface area contributed by atoms with Crippen LogP contribution in [0, 0.1) is 5.82 Å². The molecule has 4 heteroatoms. The fourth-order valence-electron chi connectivity index (χ4n) is 3.17. The number of carbonyl (C=O) groups is 1. The number of rotatable bonds is 7. The van der Waals surface area contributed by atoms with Gasteiger partial charge in [-0.25, -0.2) is 4.39 Å². The summed E-state index contributed by atoms with van der Waals surface area (Å²) in [5, 5.41) is 3.17. The minimum atomic E-state index is -0.363. The molecule has 0 fully saturated rings. The molecular weight excluding hydrogens is 351 g/mol. The van der Waals surface area contributed by atoms with E-state index in [1.54, 1.807) is 6.07 Å². The van der Waals surface area contributed by atoms with Crippen molar-refractivity contribution in [3.63, 3.8) is 0 Å². The van der Waals surface area contributed by atoms with Gasteiger partial charge in [-0.15, -0.1) is 0 Å². The SMILES string of the molecule is C[C@@H](C(=O)NC(c1ccccc1)c1ccccc1)N(C)Cc1cccc(F)c1. The van der Waals surface area contributed by atoms with Crippen molar-refractivity contribution in [1.29, 1.82) is 0 Å². The Bertz CT molecular complexity index is 859. The normalized spacial score (nSPS) is 12.2. The van der Waals surface area contributed by atoms with Crippen molar-refractivity contribution in [3.05, 3.63) is 107 Å². The molecule has 1 atom stereocenters. The van der Waals surface area contributed by atoms with Crippen LogP contribution in [0.25, 0.3) is 0 Å². The third kappa shape index (κ3) is 5.05. The van der Waals surface area contributed by atoms with E-state index < -0.39 is 0 Å². The molecule has 0 aliphatic heterocycles. The van der Waals surface area contributed by atoms with Gasteiger partial charge in [0.25, 0.3) is 0 Å². The maximum absolute atomic E-state index is 13.4. The zero-order valence-corrected chi connectivity index (χ0v) is 16.2. The van der Waals surface area contributed by atoms with Crippen molar-refractivity contribution >= 4 is 5.91 Å². The molecule has 1 amide bonds. The molecule has 3 nitrogen and oxygen atoms in total. The first-order valence-electron chi connectivity index (χ1n) is 9.39. The fraction of sp³-hybridized carbons (Fsp3) is 0.208. The Kier molecular flexibility index (Phi) is 6.56. The highest BCUT2D eigenvalue weighted by molar-refractivity contribution is 5.82. The van der Waals surface area contributed by atoms with Gasteiger partial charge in [0, 0.05) is 6.54 Å². The second-order valence-corrected chi connectivity index (χ2v) is 6.98. The summed E-state index contributed by atoms with van der Waals surface area (Å²) >= 11 is 0. The summed E-state index contributed by atoms with van der Waals surface area (Å²) in [6, 6.07) is 25.7. The van der Waals surface area contributed by atoms with Crippen LogP contribution in [0.15, 0.2) is 84.9 Å². The minimum absolute atomic E-state index is 0.0726. The summed E-state index contributed by atoms with van der Waals surface area (Å²) in [4.78, 5) is 14.9. The van der Waals surface area contributed by atoms with E-state index >= 15 is 0 Å². The third-order valence-electron chi connectivity index (χ3n) is 4.91. The van der Waals surface area contributed by atoms with Gasteiger partial charge in [0.1, 0.15) is 5.82 Å². The smallest absolute Gasteiger partial charge is 0.237 e. The first-order valence-corrected chi connectivity index (χ1v) is 9.39. The maximum atomic E-state index is 13.4. The first kappa shape index (κ1) is 19.8. The molecule has 0 saturated carbocycles. The largest absolute Gasteiger partial charge is 0.344 e. The molecule has 0 aromatic heterocycles. The molecule has 3 aromatic rings. The van der Waals surface area contributed by atoms with Gasteiger partial charge in [0.2, 0.25) is 5.91 Å². The zero-order valence-electron chi connectivity index (χ0n) is 16.2. The molecule has 1 N–H and O–H groups in total. The van der Waals surface area contributed by atoms with Crippen LogP contribution in [0.5, 0.6) is 0 Å². The van der Waals surface area contributed by atoms with E-state index in [4.69, 9.17) is 0 Å². The summed E-state index contributed by atoms with van der Waals surface area (Å²) in [7, 11) is 1.87. The molecule has 0 aliphatic carbocycles. The minimum Gasteiger partial charge on any atom is -0.344 e. The molecule has 0 radical (unpaired) electrons. The number of amides is 1. The fourth-order valence-corrected chi connectivity index (χ4v) is 3.17. The third-order valence-corrected chi connectivity index (χ3v) is 4.91. The van der Waals surface area contributed by atoms with Gasteiger partial charge in [-0.3, -0.25) is 9.69 Å². The Morgan fingerprint density at radius 1 is 0.929 bits per heavy atom. The van der Waals surface area contributed by atoms with Crippen molar-refractivity contribution in [3.8, 4) is 0 Å². The number of benzene rings is 3. The Morgan fingerprint density at radius 2 is 1.50 bits per heavy atom. The number of hydrogen-bond donors (Lipinski definition) is 1. The van der Waals surface area contributed by atoms with Gasteiger partial charge >= 0.3 is 0 Å². The van der Waals surface area contributed by atoms with E-state index in [-0.39, 0.29) is 23.8 Å². The van der Waals surface area contributed by atoms with Gasteiger partial charge in [-0.05, 0) is 42.8 Å². The van der Waals surface area contributed by atoms with Crippen molar-refractivity contribution in [1.82, 2.24) is 10.2 Å². The highest BCUT2D eigenvalue weighted by atomic mass is 19.1. The summed E-state index contributed by atoms with van der Waals surface area (Å²) in [5.74, 6) is -0.340. The van der Waals surface area contributed by atoms with E-state index in [2.05, 4.69) is 5.32 Å². The molecule has 144 valence electrons. The number of hydrogen-bond acceptors (Lipinski definition) is 2. The van der Waals surface area contributed by atoms with Gasteiger partial charge in [-0.1, -0.05) is 72.8 Å². The molecular formula is C24H25FN2O. The lowest BCUT2D eigenvalue weighted by molar-refractivity contribution is -0.126. The highest BCUT2D eigenvalue weighted by Gasteiger charge is 2.23. The average Bonchev–Trinajstić information content (AvgIpc) is 2.72. The van der Waals surface area contributed by atoms with E-state index in [0.29, 0.717) is 6.54 Å². The topological polar surface area (TPSA) is 32.3 Å². The van der Waals surface area contributed by atoms with Crippen LogP contribution < -0.4 is 5.32 Å². The van der Waals surface area contributed by atoms with Gasteiger partial charge in [0.15, 0.2) is 0 Å². The highest BCUT2D eigenvalue weighted by Crippen LogP contribution is 2.22. The monoisotopic (exact) mass is 376 g/mol. The average molecular weight is 376 g/mol. The molecule has 3 rings (SSSR count). The zero-order chi connectivity index (χ0) is 19.9. The van der Waals surface area contributed by atoms with Gasteiger partial charge in [0.05, 0.1) is 12.1 Å². The Balaban J connectivity index is 1.74. The second-order valence-electron chi connectivity index (χ2n) is 6.98. The predicted octanol–water partition coefficient (Wildman–Crippen LogP) is 4.55. The summed E-state index contributed by atoms with van der Waals surface area (Å²) < 4.78 is 13.4. The first-order chi connectivity index (χ1) is 13.5. The number of likely N-dealkylation sites (N-methyl/N-ethyl adjacent to an activating group) is 1. The van der Waals surface area contributed by atoms with E-state index in [0.717, 1.165) is 16.7 Å². The molecule has 28 heavy (non-hydrogen) atoms. The van der Waals surface area contributed by atoms with Crippen LogP contribution in [0.2, 0.25) is 0 Å². The standard InChI is InChI=1S/C24H25FN2O/c1-18(27(2)17-19-10-9-15-22(25)16-19)24(28)26-23(20-11-5-3-6-12-20)21-13-7-4-8-14-21/h3-16,18,23H,17H2,1-2H3,(H,26,28)/t18-/m0/s1. The molecule has 0 spiro atoms. The number of halogens is 1. The molecule has 0 saturated heterocycles. The van der Waals surface area contributed by atoms with E-state index in [1.165, 1.54) is 12.1 Å². The van der Waals surface area contributed by atoms with Crippen molar-refractivity contribution in [2.45, 2.75) is 25.6 Å². The summed E-state index contributed by atoms with van der Waals surface area (Å²) in [6.07, 6.45) is 0. The summed E-state index contributed by atoms with van der Waals surface area (Å²) in [6.45, 7) is 2.36. The van der Waals surface area contributed by atoms with Crippen LogP contribution in [0.1, 0.15) is 29.7 Å². The lowest BCUT2D eigenvalue weighted by atomic mass is 9.98. The quantitative estimate of drug-likeness (QED) is 0.656. The molecule has 0 heterocycles. The maximum Gasteiger partial charge on any atom is 0.237 e. The van der Waals surface area contributed by atoms with E-state index in [9.17, 15) is 9.18 Å². The lowest BCUT2D eigenvalue weighted by Crippen LogP contribution is -2.44. The Labute approximate surface area is 165 Å². The van der Waals surface area contributed by atoms with Crippen LogP contribution in [-0.2, 0) is 11.3 Å². The van der Waals surface area contributed by atoms with Gasteiger partial charge < -0.3 is 5.32 Å². The predicted molar refractivity (Wildman–Crippen MR) is 110 cm³/mol. The second kappa shape index (κ2) is 9.29.